The van der Waals surface area contributed by atoms with E-state index >= 15 is 0 Å². The number of cyclic esters (lactones) is 2. The van der Waals surface area contributed by atoms with Crippen LogP contribution in [0.3, 0.4) is 0 Å². The molecule has 2 saturated heterocycles. The summed E-state index contributed by atoms with van der Waals surface area (Å²) < 4.78 is 9.57. The number of aromatic nitrogens is 1. The second-order valence-electron chi connectivity index (χ2n) is 7.10. The van der Waals surface area contributed by atoms with E-state index in [1.54, 1.807) is 23.2 Å². The summed E-state index contributed by atoms with van der Waals surface area (Å²) in [5.74, 6) is -0.512. The number of ether oxygens (including phenoxy) is 2. The van der Waals surface area contributed by atoms with Gasteiger partial charge in [0.2, 0.25) is 6.10 Å². The Balaban J connectivity index is 1.41. The summed E-state index contributed by atoms with van der Waals surface area (Å²) in [6.45, 7) is 2.28. The van der Waals surface area contributed by atoms with E-state index in [-0.39, 0.29) is 30.5 Å². The molecule has 3 atom stereocenters. The zero-order valence-electron chi connectivity index (χ0n) is 15.9. The van der Waals surface area contributed by atoms with Crippen molar-refractivity contribution in [2.24, 2.45) is 0 Å². The minimum absolute atomic E-state index is 0.0722. The van der Waals surface area contributed by atoms with Gasteiger partial charge in [0.1, 0.15) is 6.61 Å². The lowest BCUT2D eigenvalue weighted by molar-refractivity contribution is -0.139. The summed E-state index contributed by atoms with van der Waals surface area (Å²) in [5, 5.41) is 3.01. The lowest BCUT2D eigenvalue weighted by Crippen LogP contribution is -2.48. The first-order valence-corrected chi connectivity index (χ1v) is 9.49. The summed E-state index contributed by atoms with van der Waals surface area (Å²) in [7, 11) is 0. The van der Waals surface area contributed by atoms with E-state index in [1.165, 1.54) is 0 Å². The Hall–Kier alpha value is -3.42. The Morgan fingerprint density at radius 3 is 2.72 bits per heavy atom. The molecule has 2 aromatic rings. The van der Waals surface area contributed by atoms with Gasteiger partial charge in [0.15, 0.2) is 0 Å². The predicted molar refractivity (Wildman–Crippen MR) is 103 cm³/mol. The molecule has 0 radical (unpaired) electrons. The SMILES string of the molecule is C[C@@H]1[C@@H](NC(=O)c2ccnc(-c3ccccc3)c2)CCN1C(=O)[C@H]1COC(=O)O1. The summed E-state index contributed by atoms with van der Waals surface area (Å²) >= 11 is 0. The number of carbonyl (C=O) groups excluding carboxylic acids is 3. The smallest absolute Gasteiger partial charge is 0.430 e. The van der Waals surface area contributed by atoms with Crippen molar-refractivity contribution < 1.29 is 23.9 Å². The van der Waals surface area contributed by atoms with Crippen molar-refractivity contribution in [2.75, 3.05) is 13.2 Å². The maximum Gasteiger partial charge on any atom is 0.509 e. The molecular weight excluding hydrogens is 374 g/mol. The zero-order chi connectivity index (χ0) is 20.4. The molecule has 1 N–H and O–H groups in total. The highest BCUT2D eigenvalue weighted by molar-refractivity contribution is 5.95. The molecule has 3 heterocycles. The largest absolute Gasteiger partial charge is 0.509 e. The van der Waals surface area contributed by atoms with E-state index < -0.39 is 12.3 Å². The van der Waals surface area contributed by atoms with E-state index in [4.69, 9.17) is 9.47 Å². The van der Waals surface area contributed by atoms with Gasteiger partial charge < -0.3 is 19.7 Å². The Bertz CT molecular complexity index is 933. The molecule has 2 aliphatic heterocycles. The summed E-state index contributed by atoms with van der Waals surface area (Å²) in [5.41, 5.74) is 2.16. The number of amides is 2. The maximum atomic E-state index is 12.8. The van der Waals surface area contributed by atoms with Crippen LogP contribution in [0.2, 0.25) is 0 Å². The van der Waals surface area contributed by atoms with Gasteiger partial charge in [0.05, 0.1) is 11.7 Å². The lowest BCUT2D eigenvalue weighted by atomic mass is 10.1. The van der Waals surface area contributed by atoms with Crippen molar-refractivity contribution in [1.29, 1.82) is 0 Å². The average Bonchev–Trinajstić information content (AvgIpc) is 3.34. The quantitative estimate of drug-likeness (QED) is 0.796. The molecule has 150 valence electrons. The van der Waals surface area contributed by atoms with Crippen LogP contribution in [0.15, 0.2) is 48.7 Å². The molecule has 2 aliphatic rings. The molecule has 2 fully saturated rings. The van der Waals surface area contributed by atoms with E-state index in [9.17, 15) is 14.4 Å². The van der Waals surface area contributed by atoms with Gasteiger partial charge in [-0.3, -0.25) is 14.6 Å². The molecule has 0 aliphatic carbocycles. The summed E-state index contributed by atoms with van der Waals surface area (Å²) in [4.78, 5) is 42.4. The number of carbonyl (C=O) groups is 3. The van der Waals surface area contributed by atoms with Crippen molar-refractivity contribution in [1.82, 2.24) is 15.2 Å². The second-order valence-corrected chi connectivity index (χ2v) is 7.10. The van der Waals surface area contributed by atoms with Gasteiger partial charge in [-0.05, 0) is 25.5 Å². The molecule has 0 spiro atoms. The third kappa shape index (κ3) is 3.91. The number of rotatable bonds is 4. The predicted octanol–water partition coefficient (Wildman–Crippen LogP) is 2.00. The van der Waals surface area contributed by atoms with Crippen LogP contribution >= 0.6 is 0 Å². The highest BCUT2D eigenvalue weighted by Crippen LogP contribution is 2.22. The van der Waals surface area contributed by atoms with Gasteiger partial charge in [0.25, 0.3) is 11.8 Å². The first kappa shape index (κ1) is 18.9. The second kappa shape index (κ2) is 7.90. The number of pyridine rings is 1. The summed E-state index contributed by atoms with van der Waals surface area (Å²) in [6, 6.07) is 12.6. The van der Waals surface area contributed by atoms with E-state index in [0.717, 1.165) is 11.3 Å². The highest BCUT2D eigenvalue weighted by atomic mass is 16.8. The van der Waals surface area contributed by atoms with Crippen molar-refractivity contribution in [3.05, 3.63) is 54.2 Å². The van der Waals surface area contributed by atoms with E-state index in [2.05, 4.69) is 10.3 Å². The molecule has 0 saturated carbocycles. The van der Waals surface area contributed by atoms with Gasteiger partial charge >= 0.3 is 6.16 Å². The van der Waals surface area contributed by atoms with Gasteiger partial charge in [-0.1, -0.05) is 30.3 Å². The average molecular weight is 395 g/mol. The number of benzene rings is 1. The molecular formula is C21H21N3O5. The van der Waals surface area contributed by atoms with E-state index in [1.807, 2.05) is 37.3 Å². The first-order valence-electron chi connectivity index (χ1n) is 9.49. The molecule has 8 heteroatoms. The minimum atomic E-state index is -0.909. The fourth-order valence-electron chi connectivity index (χ4n) is 3.67. The molecule has 1 aromatic heterocycles. The molecule has 0 unspecified atom stereocenters. The number of likely N-dealkylation sites (tertiary alicyclic amines) is 1. The molecule has 1 aromatic carbocycles. The molecule has 2 amide bonds. The van der Waals surface area contributed by atoms with Gasteiger partial charge in [-0.15, -0.1) is 0 Å². The number of nitrogens with zero attached hydrogens (tertiary/aromatic N) is 2. The van der Waals surface area contributed by atoms with Crippen molar-refractivity contribution in [3.8, 4) is 11.3 Å². The van der Waals surface area contributed by atoms with Crippen LogP contribution in [0.1, 0.15) is 23.7 Å². The van der Waals surface area contributed by atoms with Crippen LogP contribution in [-0.2, 0) is 14.3 Å². The van der Waals surface area contributed by atoms with Gasteiger partial charge in [0, 0.05) is 29.9 Å². The fourth-order valence-corrected chi connectivity index (χ4v) is 3.67. The van der Waals surface area contributed by atoms with E-state index in [0.29, 0.717) is 18.5 Å². The standard InChI is InChI=1S/C21H21N3O5/c1-13-16(8-10-24(13)20(26)18-12-28-21(27)29-18)23-19(25)15-7-9-22-17(11-15)14-5-3-2-4-6-14/h2-7,9,11,13,16,18H,8,10,12H2,1H3,(H,23,25)/t13-,16+,18-/m1/s1. The first-order chi connectivity index (χ1) is 14.0. The summed E-state index contributed by atoms with van der Waals surface area (Å²) in [6.07, 6.45) is 0.496. The van der Waals surface area contributed by atoms with Gasteiger partial charge in [-0.25, -0.2) is 4.79 Å². The van der Waals surface area contributed by atoms with Gasteiger partial charge in [-0.2, -0.15) is 0 Å². The Morgan fingerprint density at radius 1 is 1.21 bits per heavy atom. The monoisotopic (exact) mass is 395 g/mol. The number of hydrogen-bond acceptors (Lipinski definition) is 6. The van der Waals surface area contributed by atoms with Crippen molar-refractivity contribution >= 4 is 18.0 Å². The molecule has 29 heavy (non-hydrogen) atoms. The third-order valence-electron chi connectivity index (χ3n) is 5.31. The van der Waals surface area contributed by atoms with Crippen LogP contribution in [-0.4, -0.2) is 59.2 Å². The number of nitrogens with one attached hydrogen (secondary N) is 1. The van der Waals surface area contributed by atoms with Crippen LogP contribution in [0.25, 0.3) is 11.3 Å². The zero-order valence-corrected chi connectivity index (χ0v) is 15.9. The Kier molecular flexibility index (Phi) is 5.16. The Morgan fingerprint density at radius 2 is 2.00 bits per heavy atom. The third-order valence-corrected chi connectivity index (χ3v) is 5.31. The maximum absolute atomic E-state index is 12.8. The topological polar surface area (TPSA) is 97.8 Å². The molecule has 0 bridgehead atoms. The Labute approximate surface area is 167 Å². The molecule has 4 rings (SSSR count). The lowest BCUT2D eigenvalue weighted by Gasteiger charge is -2.26. The van der Waals surface area contributed by atoms with Crippen molar-refractivity contribution in [3.63, 3.8) is 0 Å². The molecule has 8 nitrogen and oxygen atoms in total. The van der Waals surface area contributed by atoms with Crippen LogP contribution in [0, 0.1) is 0 Å². The number of hydrogen-bond donors (Lipinski definition) is 1. The normalized spacial score (nSPS) is 23.4. The minimum Gasteiger partial charge on any atom is -0.430 e. The fraction of sp³-hybridized carbons (Fsp3) is 0.333. The van der Waals surface area contributed by atoms with Crippen molar-refractivity contribution in [2.45, 2.75) is 31.5 Å². The van der Waals surface area contributed by atoms with Crippen LogP contribution in [0.5, 0.6) is 0 Å². The van der Waals surface area contributed by atoms with Crippen LogP contribution < -0.4 is 5.32 Å². The highest BCUT2D eigenvalue weighted by Gasteiger charge is 2.41. The van der Waals surface area contributed by atoms with Crippen LogP contribution in [0.4, 0.5) is 4.79 Å².